The number of nitrogens with zero attached hydrogens (tertiary/aromatic N) is 6. The van der Waals surface area contributed by atoms with Gasteiger partial charge in [0.1, 0.15) is 11.6 Å². The zero-order valence-electron chi connectivity index (χ0n) is 17.9. The van der Waals surface area contributed by atoms with Gasteiger partial charge >= 0.3 is 0 Å². The second kappa shape index (κ2) is 7.85. The second-order valence-electron chi connectivity index (χ2n) is 8.10. The first-order valence-electron chi connectivity index (χ1n) is 10.4. The minimum atomic E-state index is -2.48. The average molecular weight is 443 g/mol. The van der Waals surface area contributed by atoms with Crippen molar-refractivity contribution >= 4 is 32.4 Å². The van der Waals surface area contributed by atoms with Gasteiger partial charge in [-0.15, -0.1) is 0 Å². The summed E-state index contributed by atoms with van der Waals surface area (Å²) in [6.07, 6.45) is 1.68. The number of para-hydroxylation sites is 2. The van der Waals surface area contributed by atoms with Gasteiger partial charge in [0.05, 0.1) is 58.5 Å². The third kappa shape index (κ3) is 3.79. The first-order valence-corrected chi connectivity index (χ1v) is 12.4. The van der Waals surface area contributed by atoms with Crippen LogP contribution >= 0.6 is 0 Å². The summed E-state index contributed by atoms with van der Waals surface area (Å²) in [6, 6.07) is 9.87. The fourth-order valence-electron chi connectivity index (χ4n) is 3.90. The highest BCUT2D eigenvalue weighted by molar-refractivity contribution is 7.93. The molecule has 164 valence electrons. The van der Waals surface area contributed by atoms with E-state index in [-0.39, 0.29) is 11.3 Å². The molecule has 5 rings (SSSR count). The Kier molecular flexibility index (Phi) is 5.15. The lowest BCUT2D eigenvalue weighted by Gasteiger charge is -2.34. The van der Waals surface area contributed by atoms with Crippen LogP contribution in [0.2, 0.25) is 0 Å². The molecule has 10 heteroatoms. The maximum Gasteiger partial charge on any atom is 0.239 e. The van der Waals surface area contributed by atoms with E-state index in [9.17, 15) is 4.21 Å². The van der Waals surface area contributed by atoms with Crippen LogP contribution in [0, 0.1) is 6.92 Å². The molecule has 1 unspecified atom stereocenters. The summed E-state index contributed by atoms with van der Waals surface area (Å²) in [4.78, 5) is 16.4. The van der Waals surface area contributed by atoms with Crippen molar-refractivity contribution < 1.29 is 13.7 Å². The van der Waals surface area contributed by atoms with Gasteiger partial charge in [-0.05, 0) is 26.0 Å². The second-order valence-corrected chi connectivity index (χ2v) is 10.7. The molecule has 4 heterocycles. The van der Waals surface area contributed by atoms with Gasteiger partial charge in [0.2, 0.25) is 5.95 Å². The van der Waals surface area contributed by atoms with Gasteiger partial charge in [0.15, 0.2) is 5.82 Å². The Morgan fingerprint density at radius 2 is 1.94 bits per heavy atom. The van der Waals surface area contributed by atoms with E-state index in [4.69, 9.17) is 19.4 Å². The molecule has 2 aliphatic heterocycles. The number of fused-ring (bicyclic) bond motifs is 1. The third-order valence-corrected chi connectivity index (χ3v) is 7.84. The summed E-state index contributed by atoms with van der Waals surface area (Å²) in [5, 5.41) is -0.0764. The topological polar surface area (TPSA) is 94.7 Å². The summed E-state index contributed by atoms with van der Waals surface area (Å²) in [5.74, 6) is 2.41. The number of rotatable bonds is 4. The smallest absolute Gasteiger partial charge is 0.239 e. The van der Waals surface area contributed by atoms with Crippen molar-refractivity contribution in [2.75, 3.05) is 44.1 Å². The molecule has 0 bridgehead atoms. The summed E-state index contributed by atoms with van der Waals surface area (Å²) >= 11 is 0. The Labute approximate surface area is 181 Å². The first-order chi connectivity index (χ1) is 14.9. The zero-order chi connectivity index (χ0) is 21.6. The molecular formula is C21H26N6O3S. The first kappa shape index (κ1) is 20.3. The van der Waals surface area contributed by atoms with Crippen molar-refractivity contribution in [1.29, 1.82) is 0 Å². The zero-order valence-corrected chi connectivity index (χ0v) is 18.7. The molecule has 0 N–H and O–H groups in total. The third-order valence-electron chi connectivity index (χ3n) is 5.78. The molecule has 0 radical (unpaired) electrons. The Bertz CT molecular complexity index is 1250. The van der Waals surface area contributed by atoms with Gasteiger partial charge in [-0.2, -0.15) is 14.3 Å². The number of anilines is 1. The minimum absolute atomic E-state index is 0.0764. The van der Waals surface area contributed by atoms with E-state index < -0.39 is 9.73 Å². The van der Waals surface area contributed by atoms with E-state index in [2.05, 4.69) is 21.2 Å². The van der Waals surface area contributed by atoms with Gasteiger partial charge < -0.3 is 14.4 Å². The van der Waals surface area contributed by atoms with Crippen molar-refractivity contribution in [3.8, 4) is 5.95 Å². The normalized spacial score (nSPS) is 21.6. The summed E-state index contributed by atoms with van der Waals surface area (Å²) in [7, 11) is -2.48. The number of hydrogen-bond acceptors (Lipinski definition) is 8. The number of hydrogen-bond donors (Lipinski definition) is 0. The maximum absolute atomic E-state index is 13.2. The van der Waals surface area contributed by atoms with Crippen molar-refractivity contribution in [3.05, 3.63) is 36.2 Å². The lowest BCUT2D eigenvalue weighted by Crippen LogP contribution is -2.44. The monoisotopic (exact) mass is 442 g/mol. The number of benzene rings is 1. The molecule has 9 nitrogen and oxygen atoms in total. The Balaban J connectivity index is 1.68. The number of aryl methyl sites for hydroxylation is 1. The highest BCUT2D eigenvalue weighted by Gasteiger charge is 2.28. The van der Waals surface area contributed by atoms with E-state index in [0.717, 1.165) is 29.2 Å². The quantitative estimate of drug-likeness (QED) is 0.613. The van der Waals surface area contributed by atoms with Crippen LogP contribution in [0.25, 0.3) is 17.0 Å². The van der Waals surface area contributed by atoms with E-state index >= 15 is 0 Å². The molecule has 2 aliphatic rings. The molecule has 31 heavy (non-hydrogen) atoms. The SMILES string of the molecule is Cc1nc2ccccc2n1-c1nc(N=S(C)(=O)C2COC2)cc(N2CCOC[C@H]2C)n1. The molecular weight excluding hydrogens is 416 g/mol. The minimum Gasteiger partial charge on any atom is -0.379 e. The molecule has 1 aromatic carbocycles. The largest absolute Gasteiger partial charge is 0.379 e. The fourth-order valence-corrected chi connectivity index (χ4v) is 5.21. The lowest BCUT2D eigenvalue weighted by atomic mass is 10.2. The number of ether oxygens (including phenoxy) is 2. The van der Waals surface area contributed by atoms with Crippen LogP contribution in [-0.4, -0.2) is 74.2 Å². The molecule has 0 spiro atoms. The van der Waals surface area contributed by atoms with Crippen molar-refractivity contribution in [3.63, 3.8) is 0 Å². The van der Waals surface area contributed by atoms with E-state index in [0.29, 0.717) is 38.2 Å². The van der Waals surface area contributed by atoms with Crippen LogP contribution in [-0.2, 0) is 19.2 Å². The van der Waals surface area contributed by atoms with Crippen LogP contribution in [0.15, 0.2) is 34.7 Å². The summed E-state index contributed by atoms with van der Waals surface area (Å²) in [6.45, 7) is 6.95. The van der Waals surface area contributed by atoms with Crippen LogP contribution in [0.1, 0.15) is 12.7 Å². The standard InChI is InChI=1S/C21H26N6O3S/c1-14-11-29-9-8-26(14)20-10-19(25-31(3,28)16-12-30-13-16)23-21(24-20)27-15(2)22-17-6-4-5-7-18(17)27/h4-7,10,14,16H,8-9,11-13H2,1-3H3/t14-,31?/m1/s1. The van der Waals surface area contributed by atoms with Crippen molar-refractivity contribution in [2.24, 2.45) is 4.36 Å². The van der Waals surface area contributed by atoms with Crippen molar-refractivity contribution in [1.82, 2.24) is 19.5 Å². The molecule has 2 aromatic heterocycles. The molecule has 0 aliphatic carbocycles. The van der Waals surface area contributed by atoms with Gasteiger partial charge in [-0.3, -0.25) is 4.57 Å². The van der Waals surface area contributed by atoms with Gasteiger partial charge in [-0.1, -0.05) is 12.1 Å². The Hall–Kier alpha value is -2.56. The highest BCUT2D eigenvalue weighted by Crippen LogP contribution is 2.28. The Morgan fingerprint density at radius 1 is 1.13 bits per heavy atom. The summed E-state index contributed by atoms with van der Waals surface area (Å²) in [5.41, 5.74) is 1.79. The maximum atomic E-state index is 13.2. The summed E-state index contributed by atoms with van der Waals surface area (Å²) < 4.78 is 30.5. The van der Waals surface area contributed by atoms with E-state index in [1.54, 1.807) is 6.26 Å². The molecule has 2 fully saturated rings. The van der Waals surface area contributed by atoms with Gasteiger partial charge in [-0.25, -0.2) is 9.19 Å². The predicted octanol–water partition coefficient (Wildman–Crippen LogP) is 2.48. The van der Waals surface area contributed by atoms with Crippen LogP contribution in [0.5, 0.6) is 0 Å². The number of morpholine rings is 1. The molecule has 2 saturated heterocycles. The number of imidazole rings is 1. The van der Waals surface area contributed by atoms with E-state index in [1.165, 1.54) is 0 Å². The molecule has 3 aromatic rings. The highest BCUT2D eigenvalue weighted by atomic mass is 32.2. The van der Waals surface area contributed by atoms with Crippen LogP contribution < -0.4 is 4.90 Å². The van der Waals surface area contributed by atoms with Crippen LogP contribution in [0.4, 0.5) is 11.6 Å². The Morgan fingerprint density at radius 3 is 2.68 bits per heavy atom. The van der Waals surface area contributed by atoms with Crippen LogP contribution in [0.3, 0.4) is 0 Å². The molecule has 0 amide bonds. The fraction of sp³-hybridized carbons (Fsp3) is 0.476. The van der Waals surface area contributed by atoms with Crippen molar-refractivity contribution in [2.45, 2.75) is 25.1 Å². The predicted molar refractivity (Wildman–Crippen MR) is 120 cm³/mol. The van der Waals surface area contributed by atoms with E-state index in [1.807, 2.05) is 41.8 Å². The molecule has 0 saturated carbocycles. The van der Waals surface area contributed by atoms with Gasteiger partial charge in [0.25, 0.3) is 0 Å². The number of aromatic nitrogens is 4. The molecule has 2 atom stereocenters. The lowest BCUT2D eigenvalue weighted by molar-refractivity contribution is 0.0431. The average Bonchev–Trinajstić information content (AvgIpc) is 3.01. The van der Waals surface area contributed by atoms with Gasteiger partial charge in [0, 0.05) is 18.9 Å².